The van der Waals surface area contributed by atoms with Crippen molar-refractivity contribution in [1.82, 2.24) is 9.88 Å². The number of halogens is 1. The van der Waals surface area contributed by atoms with Crippen molar-refractivity contribution in [3.63, 3.8) is 0 Å². The number of aromatic nitrogens is 1. The molecule has 1 atom stereocenters. The Bertz CT molecular complexity index is 305. The van der Waals surface area contributed by atoms with Crippen LogP contribution in [0.2, 0.25) is 0 Å². The smallest absolute Gasteiger partial charge is 0.123 e. The first-order valence-corrected chi connectivity index (χ1v) is 5.95. The molecule has 1 aliphatic heterocycles. The van der Waals surface area contributed by atoms with Crippen LogP contribution in [-0.4, -0.2) is 36.6 Å². The largest absolute Gasteiger partial charge is 0.368 e. The van der Waals surface area contributed by atoms with Crippen molar-refractivity contribution < 1.29 is 4.74 Å². The van der Waals surface area contributed by atoms with Crippen LogP contribution in [0.3, 0.4) is 0 Å². The van der Waals surface area contributed by atoms with E-state index in [9.17, 15) is 0 Å². The number of rotatable bonds is 2. The van der Waals surface area contributed by atoms with Gasteiger partial charge in [0.05, 0.1) is 12.5 Å². The SMILES string of the molecule is CN1CCOC(c2ncc(CCl)s2)C1. The maximum absolute atomic E-state index is 5.73. The molecular formula is C9H13ClN2OS. The molecule has 2 rings (SSSR count). The maximum atomic E-state index is 5.73. The lowest BCUT2D eigenvalue weighted by Crippen LogP contribution is -2.35. The molecule has 14 heavy (non-hydrogen) atoms. The molecule has 78 valence electrons. The van der Waals surface area contributed by atoms with Crippen molar-refractivity contribution in [1.29, 1.82) is 0 Å². The van der Waals surface area contributed by atoms with Crippen molar-refractivity contribution in [3.05, 3.63) is 16.1 Å². The van der Waals surface area contributed by atoms with Crippen molar-refractivity contribution in [2.45, 2.75) is 12.0 Å². The molecule has 0 radical (unpaired) electrons. The summed E-state index contributed by atoms with van der Waals surface area (Å²) >= 11 is 7.37. The van der Waals surface area contributed by atoms with Crippen molar-refractivity contribution in [2.24, 2.45) is 0 Å². The molecule has 0 amide bonds. The summed E-state index contributed by atoms with van der Waals surface area (Å²) in [6, 6.07) is 0. The van der Waals surface area contributed by atoms with Gasteiger partial charge in [0.15, 0.2) is 0 Å². The van der Waals surface area contributed by atoms with Crippen LogP contribution in [0, 0.1) is 0 Å². The highest BCUT2D eigenvalue weighted by molar-refractivity contribution is 7.11. The summed E-state index contributed by atoms with van der Waals surface area (Å²) in [5, 5.41) is 1.05. The fraction of sp³-hybridized carbons (Fsp3) is 0.667. The molecule has 0 spiro atoms. The van der Waals surface area contributed by atoms with Gasteiger partial charge in [-0.15, -0.1) is 22.9 Å². The van der Waals surface area contributed by atoms with Gasteiger partial charge in [0, 0.05) is 24.2 Å². The molecule has 0 aromatic carbocycles. The molecule has 0 N–H and O–H groups in total. The van der Waals surface area contributed by atoms with Gasteiger partial charge in [0.1, 0.15) is 11.1 Å². The fourth-order valence-electron chi connectivity index (χ4n) is 1.46. The van der Waals surface area contributed by atoms with E-state index in [1.54, 1.807) is 11.3 Å². The Kier molecular flexibility index (Phi) is 3.38. The van der Waals surface area contributed by atoms with Crippen LogP contribution in [0.1, 0.15) is 16.0 Å². The number of ether oxygens (including phenoxy) is 1. The normalized spacial score (nSPS) is 24.0. The van der Waals surface area contributed by atoms with Gasteiger partial charge in [-0.05, 0) is 7.05 Å². The number of morpholine rings is 1. The quantitative estimate of drug-likeness (QED) is 0.729. The summed E-state index contributed by atoms with van der Waals surface area (Å²) in [6.45, 7) is 2.72. The number of alkyl halides is 1. The van der Waals surface area contributed by atoms with Crippen LogP contribution in [-0.2, 0) is 10.6 Å². The molecule has 1 aromatic rings. The molecule has 2 heterocycles. The minimum absolute atomic E-state index is 0.135. The summed E-state index contributed by atoms with van der Waals surface area (Å²) in [7, 11) is 2.10. The van der Waals surface area contributed by atoms with Gasteiger partial charge in [-0.2, -0.15) is 0 Å². The third-order valence-corrected chi connectivity index (χ3v) is 3.78. The number of hydrogen-bond donors (Lipinski definition) is 0. The molecule has 1 unspecified atom stereocenters. The Labute approximate surface area is 92.7 Å². The van der Waals surface area contributed by atoms with Gasteiger partial charge < -0.3 is 9.64 Å². The first-order valence-electron chi connectivity index (χ1n) is 4.60. The van der Waals surface area contributed by atoms with E-state index in [1.807, 2.05) is 6.20 Å². The minimum Gasteiger partial charge on any atom is -0.368 e. The molecule has 0 aliphatic carbocycles. The summed E-state index contributed by atoms with van der Waals surface area (Å²) < 4.78 is 5.66. The van der Waals surface area contributed by atoms with Gasteiger partial charge in [0.2, 0.25) is 0 Å². The Morgan fingerprint density at radius 3 is 3.29 bits per heavy atom. The van der Waals surface area contributed by atoms with Gasteiger partial charge >= 0.3 is 0 Å². The average Bonchev–Trinajstić information content (AvgIpc) is 2.66. The standard InChI is InChI=1S/C9H13ClN2OS/c1-12-2-3-13-8(6-12)9-11-5-7(4-10)14-9/h5,8H,2-4,6H2,1H3. The lowest BCUT2D eigenvalue weighted by Gasteiger charge is -2.28. The maximum Gasteiger partial charge on any atom is 0.123 e. The van der Waals surface area contributed by atoms with Gasteiger partial charge in [-0.3, -0.25) is 0 Å². The van der Waals surface area contributed by atoms with Crippen LogP contribution in [0.4, 0.5) is 0 Å². The van der Waals surface area contributed by atoms with E-state index in [4.69, 9.17) is 16.3 Å². The van der Waals surface area contributed by atoms with E-state index in [-0.39, 0.29) is 6.10 Å². The lowest BCUT2D eigenvalue weighted by atomic mass is 10.3. The third kappa shape index (κ3) is 2.25. The minimum atomic E-state index is 0.135. The Morgan fingerprint density at radius 1 is 1.79 bits per heavy atom. The van der Waals surface area contributed by atoms with Crippen LogP contribution in [0.15, 0.2) is 6.20 Å². The number of likely N-dealkylation sites (N-methyl/N-ethyl adjacent to an activating group) is 1. The third-order valence-electron chi connectivity index (χ3n) is 2.25. The zero-order valence-electron chi connectivity index (χ0n) is 8.07. The first kappa shape index (κ1) is 10.4. The van der Waals surface area contributed by atoms with Crippen molar-refractivity contribution in [3.8, 4) is 0 Å². The molecule has 1 aliphatic rings. The molecular weight excluding hydrogens is 220 g/mol. The first-order chi connectivity index (χ1) is 6.79. The van der Waals surface area contributed by atoms with Gasteiger partial charge in [-0.1, -0.05) is 0 Å². The summed E-state index contributed by atoms with van der Waals surface area (Å²) in [4.78, 5) is 7.70. The predicted molar refractivity (Wildman–Crippen MR) is 57.9 cm³/mol. The number of nitrogens with zero attached hydrogens (tertiary/aromatic N) is 2. The topological polar surface area (TPSA) is 25.4 Å². The average molecular weight is 233 g/mol. The van der Waals surface area contributed by atoms with Gasteiger partial charge in [0.25, 0.3) is 0 Å². The second kappa shape index (κ2) is 4.57. The molecule has 1 aromatic heterocycles. The zero-order chi connectivity index (χ0) is 9.97. The van der Waals surface area contributed by atoms with E-state index >= 15 is 0 Å². The molecule has 3 nitrogen and oxygen atoms in total. The summed E-state index contributed by atoms with van der Waals surface area (Å²) in [5.41, 5.74) is 0. The van der Waals surface area contributed by atoms with E-state index in [0.717, 1.165) is 29.6 Å². The van der Waals surface area contributed by atoms with E-state index in [1.165, 1.54) is 0 Å². The number of thiazole rings is 1. The molecule has 0 bridgehead atoms. The highest BCUT2D eigenvalue weighted by Crippen LogP contribution is 2.26. The Morgan fingerprint density at radius 2 is 2.64 bits per heavy atom. The summed E-state index contributed by atoms with van der Waals surface area (Å²) in [5.74, 6) is 0.542. The molecule has 1 fully saturated rings. The second-order valence-corrected chi connectivity index (χ2v) is 4.83. The van der Waals surface area contributed by atoms with E-state index < -0.39 is 0 Å². The van der Waals surface area contributed by atoms with Crippen LogP contribution < -0.4 is 0 Å². The van der Waals surface area contributed by atoms with Crippen molar-refractivity contribution in [2.75, 3.05) is 26.7 Å². The Hall–Kier alpha value is -0.160. The monoisotopic (exact) mass is 232 g/mol. The van der Waals surface area contributed by atoms with E-state index in [0.29, 0.717) is 5.88 Å². The van der Waals surface area contributed by atoms with Crippen LogP contribution >= 0.6 is 22.9 Å². The zero-order valence-corrected chi connectivity index (χ0v) is 9.64. The molecule has 0 saturated carbocycles. The lowest BCUT2D eigenvalue weighted by molar-refractivity contribution is -0.0209. The number of hydrogen-bond acceptors (Lipinski definition) is 4. The Balaban J connectivity index is 2.06. The summed E-state index contributed by atoms with van der Waals surface area (Å²) in [6.07, 6.45) is 1.97. The van der Waals surface area contributed by atoms with Crippen molar-refractivity contribution >= 4 is 22.9 Å². The molecule has 1 saturated heterocycles. The fourth-order valence-corrected chi connectivity index (χ4v) is 2.50. The molecule has 5 heteroatoms. The van der Waals surface area contributed by atoms with Gasteiger partial charge in [-0.25, -0.2) is 4.98 Å². The van der Waals surface area contributed by atoms with Crippen LogP contribution in [0.5, 0.6) is 0 Å². The predicted octanol–water partition coefficient (Wildman–Crippen LogP) is 1.89. The highest BCUT2D eigenvalue weighted by atomic mass is 35.5. The second-order valence-electron chi connectivity index (χ2n) is 3.42. The highest BCUT2D eigenvalue weighted by Gasteiger charge is 2.22. The van der Waals surface area contributed by atoms with Crippen LogP contribution in [0.25, 0.3) is 0 Å². The van der Waals surface area contributed by atoms with E-state index in [2.05, 4.69) is 16.9 Å².